The number of amides is 4. The molecule has 0 bridgehead atoms. The van der Waals surface area contributed by atoms with Crippen LogP contribution in [0.5, 0.6) is 0 Å². The number of hydrogen-bond donors (Lipinski definition) is 1. The van der Waals surface area contributed by atoms with Gasteiger partial charge >= 0.3 is 6.03 Å². The highest BCUT2D eigenvalue weighted by molar-refractivity contribution is 7.15. The first-order chi connectivity index (χ1) is 13.4. The first-order valence-corrected chi connectivity index (χ1v) is 9.15. The number of urea groups is 1. The van der Waals surface area contributed by atoms with Crippen molar-refractivity contribution in [2.24, 2.45) is 4.99 Å². The second-order valence-electron chi connectivity index (χ2n) is 6.27. The van der Waals surface area contributed by atoms with E-state index < -0.39 is 18.0 Å². The fourth-order valence-electron chi connectivity index (χ4n) is 2.99. The maximum absolute atomic E-state index is 12.6. The molecule has 4 amide bonds. The second kappa shape index (κ2) is 6.64. The number of anilines is 1. The van der Waals surface area contributed by atoms with Crippen LogP contribution in [-0.4, -0.2) is 81.2 Å². The van der Waals surface area contributed by atoms with E-state index in [9.17, 15) is 14.4 Å². The molecule has 28 heavy (non-hydrogen) atoms. The van der Waals surface area contributed by atoms with Crippen LogP contribution in [0.15, 0.2) is 21.0 Å². The molecular formula is C16H16N7O4S+. The van der Waals surface area contributed by atoms with Crippen LogP contribution in [0.3, 0.4) is 0 Å². The Labute approximate surface area is 163 Å². The number of thiophene rings is 1. The lowest BCUT2D eigenvalue weighted by Crippen LogP contribution is -2.61. The molecule has 2 aliphatic heterocycles. The van der Waals surface area contributed by atoms with E-state index in [0.29, 0.717) is 28.1 Å². The molecule has 144 valence electrons. The van der Waals surface area contributed by atoms with Crippen molar-refractivity contribution in [3.8, 4) is 11.5 Å². The minimum absolute atomic E-state index is 0.112. The number of aromatic nitrogens is 2. The lowest BCUT2D eigenvalue weighted by molar-refractivity contribution is -0.519. The maximum atomic E-state index is 12.6. The van der Waals surface area contributed by atoms with Crippen molar-refractivity contribution in [2.75, 3.05) is 26.0 Å². The van der Waals surface area contributed by atoms with Gasteiger partial charge in [-0.3, -0.25) is 19.4 Å². The molecule has 0 radical (unpaired) electrons. The first kappa shape index (κ1) is 18.0. The SMILES string of the molecule is Cc1noc(-c2ccsc2NC(=O)C[N+]2=CN=C3C2C(=O)N(C)C(=O)N3C)n1. The Bertz CT molecular complexity index is 1050. The smallest absolute Gasteiger partial charge is 0.333 e. The van der Waals surface area contributed by atoms with Crippen LogP contribution in [0.4, 0.5) is 9.80 Å². The van der Waals surface area contributed by atoms with E-state index in [4.69, 9.17) is 4.52 Å². The van der Waals surface area contributed by atoms with E-state index in [-0.39, 0.29) is 12.5 Å². The Morgan fingerprint density at radius 3 is 2.86 bits per heavy atom. The zero-order valence-electron chi connectivity index (χ0n) is 15.2. The quantitative estimate of drug-likeness (QED) is 0.738. The zero-order valence-corrected chi connectivity index (χ0v) is 16.1. The molecule has 0 aliphatic carbocycles. The van der Waals surface area contributed by atoms with Crippen LogP contribution in [0.25, 0.3) is 11.5 Å². The Morgan fingerprint density at radius 1 is 1.36 bits per heavy atom. The average molecular weight is 402 g/mol. The summed E-state index contributed by atoms with van der Waals surface area (Å²) in [6, 6.07) is 0.508. The number of aliphatic imine (C=N–C) groups is 1. The lowest BCUT2D eigenvalue weighted by atomic mass is 10.1. The fraction of sp³-hybridized carbons (Fsp3) is 0.312. The summed E-state index contributed by atoms with van der Waals surface area (Å²) in [5, 5.41) is 8.92. The Balaban J connectivity index is 1.48. The van der Waals surface area contributed by atoms with Crippen molar-refractivity contribution in [3.05, 3.63) is 17.3 Å². The fourth-order valence-corrected chi connectivity index (χ4v) is 3.78. The molecule has 1 saturated heterocycles. The summed E-state index contributed by atoms with van der Waals surface area (Å²) in [7, 11) is 2.94. The number of nitrogens with zero attached hydrogens (tertiary/aromatic N) is 6. The highest BCUT2D eigenvalue weighted by atomic mass is 32.1. The van der Waals surface area contributed by atoms with Gasteiger partial charge in [-0.05, 0) is 23.4 Å². The molecule has 1 N–H and O–H groups in total. The van der Waals surface area contributed by atoms with Crippen molar-refractivity contribution in [2.45, 2.75) is 13.0 Å². The lowest BCUT2D eigenvalue weighted by Gasteiger charge is -2.30. The second-order valence-corrected chi connectivity index (χ2v) is 7.19. The molecule has 1 fully saturated rings. The standard InChI is InChI=1S/C16H15N7O4S/c1-8-18-13(27-20-8)9-4-5-28-14(9)19-10(24)6-23-7-17-12-11(23)15(25)22(3)16(26)21(12)2/h4-5,7,11H,6H2,1-3H3/p+1. The van der Waals surface area contributed by atoms with Gasteiger partial charge in [-0.2, -0.15) is 4.98 Å². The Hall–Kier alpha value is -3.41. The minimum Gasteiger partial charge on any atom is -0.334 e. The average Bonchev–Trinajstić information content (AvgIpc) is 3.38. The molecule has 12 heteroatoms. The van der Waals surface area contributed by atoms with Crippen LogP contribution in [-0.2, 0) is 9.59 Å². The molecule has 0 aromatic carbocycles. The number of imide groups is 1. The molecule has 0 saturated carbocycles. The van der Waals surface area contributed by atoms with Crippen LogP contribution < -0.4 is 5.32 Å². The van der Waals surface area contributed by atoms with Gasteiger partial charge in [0, 0.05) is 14.1 Å². The summed E-state index contributed by atoms with van der Waals surface area (Å²) in [4.78, 5) is 47.7. The van der Waals surface area contributed by atoms with E-state index in [1.807, 2.05) is 0 Å². The van der Waals surface area contributed by atoms with E-state index in [0.717, 1.165) is 4.90 Å². The molecular weight excluding hydrogens is 386 g/mol. The summed E-state index contributed by atoms with van der Waals surface area (Å²) in [5.74, 6) is 0.341. The molecule has 2 aliphatic rings. The number of nitrogens with one attached hydrogen (secondary N) is 1. The Kier molecular flexibility index (Phi) is 4.26. The van der Waals surface area contributed by atoms with Gasteiger partial charge in [0.05, 0.1) is 5.56 Å². The number of amidine groups is 1. The number of hydrogen-bond acceptors (Lipinski definition) is 8. The number of carbonyl (C=O) groups is 3. The third kappa shape index (κ3) is 2.87. The van der Waals surface area contributed by atoms with E-state index in [1.54, 1.807) is 25.4 Å². The highest BCUT2D eigenvalue weighted by Gasteiger charge is 2.50. The minimum atomic E-state index is -0.806. The largest absolute Gasteiger partial charge is 0.334 e. The van der Waals surface area contributed by atoms with Crippen LogP contribution in [0.2, 0.25) is 0 Å². The van der Waals surface area contributed by atoms with Crippen LogP contribution >= 0.6 is 11.3 Å². The maximum Gasteiger partial charge on any atom is 0.333 e. The van der Waals surface area contributed by atoms with E-state index >= 15 is 0 Å². The summed E-state index contributed by atoms with van der Waals surface area (Å²) in [5.41, 5.74) is 0.625. The third-order valence-electron chi connectivity index (χ3n) is 4.40. The Morgan fingerprint density at radius 2 is 2.14 bits per heavy atom. The molecule has 2 aromatic rings. The number of carbonyl (C=O) groups excluding carboxylic acids is 3. The molecule has 1 atom stereocenters. The van der Waals surface area contributed by atoms with Gasteiger partial charge in [-0.25, -0.2) is 9.37 Å². The first-order valence-electron chi connectivity index (χ1n) is 8.27. The van der Waals surface area contributed by atoms with Gasteiger partial charge in [-0.15, -0.1) is 11.3 Å². The topological polar surface area (TPSA) is 124 Å². The van der Waals surface area contributed by atoms with Gasteiger partial charge in [-0.1, -0.05) is 5.16 Å². The van der Waals surface area contributed by atoms with Crippen molar-refractivity contribution in [1.82, 2.24) is 19.9 Å². The van der Waals surface area contributed by atoms with E-state index in [2.05, 4.69) is 20.4 Å². The summed E-state index contributed by atoms with van der Waals surface area (Å²) < 4.78 is 6.65. The van der Waals surface area contributed by atoms with Crippen molar-refractivity contribution in [1.29, 1.82) is 0 Å². The van der Waals surface area contributed by atoms with Crippen molar-refractivity contribution < 1.29 is 23.5 Å². The number of aryl methyl sites for hydroxylation is 1. The third-order valence-corrected chi connectivity index (χ3v) is 5.23. The molecule has 0 spiro atoms. The summed E-state index contributed by atoms with van der Waals surface area (Å²) >= 11 is 1.32. The molecule has 11 nitrogen and oxygen atoms in total. The van der Waals surface area contributed by atoms with Gasteiger partial charge in [0.1, 0.15) is 5.00 Å². The monoisotopic (exact) mass is 402 g/mol. The van der Waals surface area contributed by atoms with Crippen molar-refractivity contribution in [3.63, 3.8) is 0 Å². The number of rotatable bonds is 4. The summed E-state index contributed by atoms with van der Waals surface area (Å²) in [6.45, 7) is 1.60. The molecule has 1 unspecified atom stereocenters. The van der Waals surface area contributed by atoms with Crippen molar-refractivity contribution >= 4 is 46.4 Å². The van der Waals surface area contributed by atoms with Crippen LogP contribution in [0, 0.1) is 6.92 Å². The molecule has 4 heterocycles. The normalized spacial score (nSPS) is 18.9. The van der Waals surface area contributed by atoms with Gasteiger partial charge in [0.25, 0.3) is 35.9 Å². The van der Waals surface area contributed by atoms with Crippen LogP contribution in [0.1, 0.15) is 5.82 Å². The molecule has 4 rings (SSSR count). The highest BCUT2D eigenvalue weighted by Crippen LogP contribution is 2.32. The number of fused-ring (bicyclic) bond motifs is 1. The molecule has 2 aromatic heterocycles. The van der Waals surface area contributed by atoms with E-state index in [1.165, 1.54) is 34.2 Å². The predicted octanol–water partition coefficient (Wildman–Crippen LogP) is 0.390. The summed E-state index contributed by atoms with van der Waals surface area (Å²) in [6.07, 6.45) is 1.40. The number of likely N-dealkylation sites (N-methyl/N-ethyl adjacent to an activating group) is 2. The van der Waals surface area contributed by atoms with Gasteiger partial charge < -0.3 is 9.84 Å². The van der Waals surface area contributed by atoms with Gasteiger partial charge in [0.2, 0.25) is 0 Å². The zero-order chi connectivity index (χ0) is 20.0. The van der Waals surface area contributed by atoms with Gasteiger partial charge in [0.15, 0.2) is 12.4 Å². The predicted molar refractivity (Wildman–Crippen MR) is 99.3 cm³/mol.